The van der Waals surface area contributed by atoms with Crippen molar-refractivity contribution in [1.29, 1.82) is 0 Å². The average molecular weight is 348 g/mol. The zero-order valence-electron chi connectivity index (χ0n) is 11.2. The molecule has 2 aromatic carbocycles. The summed E-state index contributed by atoms with van der Waals surface area (Å²) >= 11 is 3.33. The van der Waals surface area contributed by atoms with Gasteiger partial charge in [0.2, 0.25) is 0 Å². The number of rotatable bonds is 5. The predicted molar refractivity (Wildman–Crippen MR) is 83.6 cm³/mol. The molecule has 0 aliphatic rings. The van der Waals surface area contributed by atoms with E-state index in [0.717, 1.165) is 10.0 Å². The fourth-order valence-corrected chi connectivity index (χ4v) is 2.27. The summed E-state index contributed by atoms with van der Waals surface area (Å²) in [6.45, 7) is 0.498. The molecule has 0 unspecified atom stereocenters. The third-order valence-electron chi connectivity index (χ3n) is 2.99. The molecule has 0 saturated heterocycles. The fourth-order valence-electron chi connectivity index (χ4n) is 1.87. The number of halogens is 1. The summed E-state index contributed by atoms with van der Waals surface area (Å²) in [4.78, 5) is 22.7. The maximum absolute atomic E-state index is 11.9. The van der Waals surface area contributed by atoms with Crippen LogP contribution in [-0.4, -0.2) is 23.5 Å². The number of aromatic carboxylic acids is 1. The maximum Gasteiger partial charge on any atom is 0.335 e. The van der Waals surface area contributed by atoms with E-state index in [4.69, 9.17) is 5.11 Å². The third-order valence-corrected chi connectivity index (χ3v) is 3.48. The summed E-state index contributed by atoms with van der Waals surface area (Å²) < 4.78 is 0.861. The minimum Gasteiger partial charge on any atom is -0.478 e. The van der Waals surface area contributed by atoms with E-state index >= 15 is 0 Å². The number of carbonyl (C=O) groups excluding carboxylic acids is 1. The van der Waals surface area contributed by atoms with E-state index in [-0.39, 0.29) is 11.5 Å². The number of carbonyl (C=O) groups is 2. The van der Waals surface area contributed by atoms with Crippen LogP contribution in [0, 0.1) is 0 Å². The molecular weight excluding hydrogens is 334 g/mol. The molecule has 0 radical (unpaired) electrons. The molecule has 0 aliphatic carbocycles. The van der Waals surface area contributed by atoms with Crippen LogP contribution in [0.3, 0.4) is 0 Å². The highest BCUT2D eigenvalue weighted by Crippen LogP contribution is 2.11. The molecular formula is C16H14BrNO3. The largest absolute Gasteiger partial charge is 0.478 e. The molecule has 21 heavy (non-hydrogen) atoms. The van der Waals surface area contributed by atoms with E-state index in [1.54, 1.807) is 36.4 Å². The molecule has 0 aromatic heterocycles. The zero-order chi connectivity index (χ0) is 15.2. The first-order chi connectivity index (χ1) is 10.1. The average Bonchev–Trinajstić information content (AvgIpc) is 2.47. The van der Waals surface area contributed by atoms with Gasteiger partial charge in [-0.15, -0.1) is 0 Å². The van der Waals surface area contributed by atoms with Crippen LogP contribution in [0.25, 0.3) is 0 Å². The van der Waals surface area contributed by atoms with Gasteiger partial charge >= 0.3 is 5.97 Å². The van der Waals surface area contributed by atoms with Crippen molar-refractivity contribution in [2.24, 2.45) is 0 Å². The van der Waals surface area contributed by atoms with Crippen molar-refractivity contribution in [3.8, 4) is 0 Å². The normalized spacial score (nSPS) is 10.1. The Morgan fingerprint density at radius 1 is 1.05 bits per heavy atom. The maximum atomic E-state index is 11.9. The van der Waals surface area contributed by atoms with Crippen molar-refractivity contribution in [3.05, 3.63) is 69.7 Å². The van der Waals surface area contributed by atoms with Gasteiger partial charge in [0.05, 0.1) is 5.56 Å². The second kappa shape index (κ2) is 7.04. The highest BCUT2D eigenvalue weighted by molar-refractivity contribution is 9.10. The lowest BCUT2D eigenvalue weighted by Gasteiger charge is -2.06. The second-order valence-electron chi connectivity index (χ2n) is 4.52. The van der Waals surface area contributed by atoms with E-state index in [1.807, 2.05) is 12.1 Å². The van der Waals surface area contributed by atoms with E-state index in [1.165, 1.54) is 0 Å². The highest BCUT2D eigenvalue weighted by Gasteiger charge is 2.05. The predicted octanol–water partition coefficient (Wildman–Crippen LogP) is 3.12. The van der Waals surface area contributed by atoms with Crippen LogP contribution in [0.4, 0.5) is 0 Å². The van der Waals surface area contributed by atoms with Crippen molar-refractivity contribution < 1.29 is 14.7 Å². The number of benzene rings is 2. The Morgan fingerprint density at radius 2 is 1.76 bits per heavy atom. The second-order valence-corrected chi connectivity index (χ2v) is 5.43. The van der Waals surface area contributed by atoms with Gasteiger partial charge < -0.3 is 10.4 Å². The Morgan fingerprint density at radius 3 is 2.38 bits per heavy atom. The van der Waals surface area contributed by atoms with Gasteiger partial charge in [-0.2, -0.15) is 0 Å². The van der Waals surface area contributed by atoms with Gasteiger partial charge in [0, 0.05) is 16.6 Å². The lowest BCUT2D eigenvalue weighted by molar-refractivity contribution is 0.0696. The standard InChI is InChI=1S/C16H14BrNO3/c17-14-3-1-2-13(10-14)15(19)18-9-8-11-4-6-12(7-5-11)16(20)21/h1-7,10H,8-9H2,(H,18,19)(H,20,21). The number of carboxylic acid groups (broad SMARTS) is 1. The molecule has 0 saturated carbocycles. The molecule has 2 aromatic rings. The minimum absolute atomic E-state index is 0.126. The smallest absolute Gasteiger partial charge is 0.335 e. The number of nitrogens with one attached hydrogen (secondary N) is 1. The zero-order valence-corrected chi connectivity index (χ0v) is 12.8. The molecule has 0 fully saturated rings. The number of amides is 1. The molecule has 4 nitrogen and oxygen atoms in total. The molecule has 0 spiro atoms. The lowest BCUT2D eigenvalue weighted by atomic mass is 10.1. The lowest BCUT2D eigenvalue weighted by Crippen LogP contribution is -2.25. The first kappa shape index (κ1) is 15.3. The van der Waals surface area contributed by atoms with E-state index in [9.17, 15) is 9.59 Å². The van der Waals surface area contributed by atoms with Crippen molar-refractivity contribution in [2.75, 3.05) is 6.54 Å². The van der Waals surface area contributed by atoms with Crippen LogP contribution < -0.4 is 5.32 Å². The first-order valence-corrected chi connectivity index (χ1v) is 7.21. The van der Waals surface area contributed by atoms with Gasteiger partial charge in [0.25, 0.3) is 5.91 Å². The van der Waals surface area contributed by atoms with Gasteiger partial charge in [-0.3, -0.25) is 4.79 Å². The molecule has 108 valence electrons. The van der Waals surface area contributed by atoms with Crippen LogP contribution in [0.5, 0.6) is 0 Å². The van der Waals surface area contributed by atoms with E-state index in [2.05, 4.69) is 21.2 Å². The number of hydrogen-bond donors (Lipinski definition) is 2. The van der Waals surface area contributed by atoms with E-state index in [0.29, 0.717) is 18.5 Å². The molecule has 5 heteroatoms. The molecule has 0 atom stereocenters. The van der Waals surface area contributed by atoms with Crippen molar-refractivity contribution in [1.82, 2.24) is 5.32 Å². The molecule has 1 amide bonds. The van der Waals surface area contributed by atoms with Gasteiger partial charge in [0.15, 0.2) is 0 Å². The van der Waals surface area contributed by atoms with Crippen LogP contribution in [0.2, 0.25) is 0 Å². The summed E-state index contributed by atoms with van der Waals surface area (Å²) in [5.74, 6) is -1.07. The molecule has 0 aliphatic heterocycles. The number of hydrogen-bond acceptors (Lipinski definition) is 2. The SMILES string of the molecule is O=C(O)c1ccc(CCNC(=O)c2cccc(Br)c2)cc1. The summed E-state index contributed by atoms with van der Waals surface area (Å²) in [6, 6.07) is 13.8. The minimum atomic E-state index is -0.940. The third kappa shape index (κ3) is 4.43. The summed E-state index contributed by atoms with van der Waals surface area (Å²) in [6.07, 6.45) is 0.652. The van der Waals surface area contributed by atoms with Crippen molar-refractivity contribution in [3.63, 3.8) is 0 Å². The summed E-state index contributed by atoms with van der Waals surface area (Å²) in [5, 5.41) is 11.6. The molecule has 2 rings (SSSR count). The Kier molecular flexibility index (Phi) is 5.11. The van der Waals surface area contributed by atoms with Gasteiger partial charge in [-0.25, -0.2) is 4.79 Å². The van der Waals surface area contributed by atoms with Crippen molar-refractivity contribution in [2.45, 2.75) is 6.42 Å². The summed E-state index contributed by atoms with van der Waals surface area (Å²) in [5.41, 5.74) is 1.84. The highest BCUT2D eigenvalue weighted by atomic mass is 79.9. The van der Waals surface area contributed by atoms with Crippen LogP contribution in [-0.2, 0) is 6.42 Å². The van der Waals surface area contributed by atoms with Crippen LogP contribution in [0.15, 0.2) is 53.0 Å². The van der Waals surface area contributed by atoms with E-state index < -0.39 is 5.97 Å². The fraction of sp³-hybridized carbons (Fsp3) is 0.125. The van der Waals surface area contributed by atoms with Gasteiger partial charge in [-0.1, -0.05) is 34.1 Å². The first-order valence-electron chi connectivity index (χ1n) is 6.42. The number of carboxylic acids is 1. The molecule has 0 heterocycles. The van der Waals surface area contributed by atoms with Crippen LogP contribution >= 0.6 is 15.9 Å². The van der Waals surface area contributed by atoms with Crippen molar-refractivity contribution >= 4 is 27.8 Å². The Bertz CT molecular complexity index is 653. The quantitative estimate of drug-likeness (QED) is 0.873. The molecule has 2 N–H and O–H groups in total. The Balaban J connectivity index is 1.86. The topological polar surface area (TPSA) is 66.4 Å². The van der Waals surface area contributed by atoms with Crippen LogP contribution in [0.1, 0.15) is 26.3 Å². The summed E-state index contributed by atoms with van der Waals surface area (Å²) in [7, 11) is 0. The molecule has 0 bridgehead atoms. The monoisotopic (exact) mass is 347 g/mol. The Hall–Kier alpha value is -2.14. The van der Waals surface area contributed by atoms with Gasteiger partial charge in [-0.05, 0) is 42.3 Å². The van der Waals surface area contributed by atoms with Gasteiger partial charge in [0.1, 0.15) is 0 Å². The Labute approximate surface area is 130 Å².